The van der Waals surface area contributed by atoms with E-state index in [1.807, 2.05) is 17.0 Å². The van der Waals surface area contributed by atoms with Gasteiger partial charge < -0.3 is 15.5 Å². The van der Waals surface area contributed by atoms with Gasteiger partial charge in [-0.1, -0.05) is 24.3 Å². The quantitative estimate of drug-likeness (QED) is 0.265. The van der Waals surface area contributed by atoms with Gasteiger partial charge in [-0.15, -0.1) is 24.0 Å². The van der Waals surface area contributed by atoms with E-state index in [2.05, 4.69) is 51.5 Å². The lowest BCUT2D eigenvalue weighted by Gasteiger charge is -2.16. The van der Waals surface area contributed by atoms with Crippen molar-refractivity contribution in [2.45, 2.75) is 39.4 Å². The van der Waals surface area contributed by atoms with Crippen molar-refractivity contribution in [1.29, 1.82) is 0 Å². The van der Waals surface area contributed by atoms with Gasteiger partial charge in [0.25, 0.3) is 0 Å². The first-order chi connectivity index (χ1) is 12.8. The average molecular weight is 498 g/mol. The van der Waals surface area contributed by atoms with E-state index < -0.39 is 0 Å². The Morgan fingerprint density at radius 3 is 2.56 bits per heavy atom. The van der Waals surface area contributed by atoms with Crippen LogP contribution in [0.1, 0.15) is 36.5 Å². The van der Waals surface area contributed by atoms with Gasteiger partial charge >= 0.3 is 0 Å². The van der Waals surface area contributed by atoms with Crippen LogP contribution in [0.3, 0.4) is 0 Å². The molecule has 2 heterocycles. The normalized spacial score (nSPS) is 13.1. The van der Waals surface area contributed by atoms with Crippen molar-refractivity contribution in [2.75, 3.05) is 13.1 Å². The van der Waals surface area contributed by atoms with E-state index >= 15 is 0 Å². The molecule has 1 aromatic heterocycles. The standard InChI is InChI=1S/C20H26N4OS.HI/c1-2-21-20(23-12-16-9-11-26-15-16)22-10-5-8-19(25)24-13-17-6-3-4-7-18(17)14-24;/h3-4,6-7,9,11,15H,2,5,8,10,12-14H2,1H3,(H2,21,22,23);1H. The number of nitrogens with one attached hydrogen (secondary N) is 2. The molecular weight excluding hydrogens is 471 g/mol. The highest BCUT2D eigenvalue weighted by Gasteiger charge is 2.22. The minimum atomic E-state index is 0. The van der Waals surface area contributed by atoms with E-state index in [9.17, 15) is 4.79 Å². The molecule has 0 aliphatic carbocycles. The van der Waals surface area contributed by atoms with E-state index in [0.717, 1.165) is 38.6 Å². The molecule has 0 radical (unpaired) electrons. The number of benzene rings is 1. The molecule has 1 amide bonds. The van der Waals surface area contributed by atoms with Crippen molar-refractivity contribution < 1.29 is 4.79 Å². The molecular formula is C20H27IN4OS. The van der Waals surface area contributed by atoms with Gasteiger partial charge in [-0.3, -0.25) is 4.79 Å². The summed E-state index contributed by atoms with van der Waals surface area (Å²) in [4.78, 5) is 18.9. The number of hydrogen-bond acceptors (Lipinski definition) is 3. The first kappa shape index (κ1) is 21.7. The van der Waals surface area contributed by atoms with Crippen LogP contribution < -0.4 is 10.6 Å². The predicted octanol–water partition coefficient (Wildman–Crippen LogP) is 3.74. The molecule has 5 nitrogen and oxygen atoms in total. The Balaban J connectivity index is 0.00000261. The van der Waals surface area contributed by atoms with Crippen molar-refractivity contribution in [3.05, 3.63) is 57.8 Å². The molecule has 0 spiro atoms. The van der Waals surface area contributed by atoms with Crippen LogP contribution in [-0.4, -0.2) is 29.9 Å². The summed E-state index contributed by atoms with van der Waals surface area (Å²) in [6, 6.07) is 10.4. The van der Waals surface area contributed by atoms with Crippen molar-refractivity contribution in [1.82, 2.24) is 15.5 Å². The third kappa shape index (κ3) is 6.49. The monoisotopic (exact) mass is 498 g/mol. The summed E-state index contributed by atoms with van der Waals surface area (Å²) in [6.45, 7) is 5.77. The molecule has 146 valence electrons. The van der Waals surface area contributed by atoms with Gasteiger partial charge in [-0.25, -0.2) is 4.99 Å². The lowest BCUT2D eigenvalue weighted by Crippen LogP contribution is -2.38. The first-order valence-electron chi connectivity index (χ1n) is 9.14. The third-order valence-corrected chi connectivity index (χ3v) is 5.13. The summed E-state index contributed by atoms with van der Waals surface area (Å²) in [5.41, 5.74) is 3.76. The smallest absolute Gasteiger partial charge is 0.223 e. The van der Waals surface area contributed by atoms with E-state index in [4.69, 9.17) is 0 Å². The molecule has 0 fully saturated rings. The van der Waals surface area contributed by atoms with Gasteiger partial charge in [0.15, 0.2) is 5.96 Å². The molecule has 3 rings (SSSR count). The Kier molecular flexibility index (Phi) is 9.06. The Bertz CT molecular complexity index is 723. The summed E-state index contributed by atoms with van der Waals surface area (Å²) in [7, 11) is 0. The van der Waals surface area contributed by atoms with Crippen LogP contribution in [0.4, 0.5) is 0 Å². The number of aliphatic imine (C=N–C) groups is 1. The predicted molar refractivity (Wildman–Crippen MR) is 122 cm³/mol. The van der Waals surface area contributed by atoms with Crippen LogP contribution in [0.2, 0.25) is 0 Å². The topological polar surface area (TPSA) is 56.7 Å². The fourth-order valence-electron chi connectivity index (χ4n) is 3.01. The minimum Gasteiger partial charge on any atom is -0.357 e. The van der Waals surface area contributed by atoms with Gasteiger partial charge in [0.2, 0.25) is 5.91 Å². The van der Waals surface area contributed by atoms with Crippen molar-refractivity contribution >= 4 is 47.2 Å². The second-order valence-corrected chi connectivity index (χ2v) is 7.16. The number of nitrogens with zero attached hydrogens (tertiary/aromatic N) is 2. The largest absolute Gasteiger partial charge is 0.357 e. The number of carbonyl (C=O) groups is 1. The molecule has 0 saturated carbocycles. The maximum Gasteiger partial charge on any atom is 0.223 e. The number of amides is 1. The highest BCUT2D eigenvalue weighted by molar-refractivity contribution is 14.0. The molecule has 0 atom stereocenters. The summed E-state index contributed by atoms with van der Waals surface area (Å²) in [6.07, 6.45) is 1.36. The molecule has 1 aromatic carbocycles. The molecule has 0 saturated heterocycles. The van der Waals surface area contributed by atoms with Gasteiger partial charge in [-0.2, -0.15) is 11.3 Å². The van der Waals surface area contributed by atoms with Crippen LogP contribution in [0.25, 0.3) is 0 Å². The molecule has 1 aliphatic rings. The Hall–Kier alpha value is -1.61. The van der Waals surface area contributed by atoms with Crippen LogP contribution in [0.15, 0.2) is 46.1 Å². The zero-order valence-electron chi connectivity index (χ0n) is 15.6. The van der Waals surface area contributed by atoms with E-state index in [1.165, 1.54) is 16.7 Å². The molecule has 7 heteroatoms. The summed E-state index contributed by atoms with van der Waals surface area (Å²) >= 11 is 1.68. The number of guanidine groups is 1. The SMILES string of the molecule is CCNC(=NCc1ccsc1)NCCCC(=O)N1Cc2ccccc2C1.I. The summed E-state index contributed by atoms with van der Waals surface area (Å²) in [5, 5.41) is 10.7. The maximum atomic E-state index is 12.4. The summed E-state index contributed by atoms with van der Waals surface area (Å²) < 4.78 is 0. The number of rotatable bonds is 7. The van der Waals surface area contributed by atoms with Crippen molar-refractivity contribution in [2.24, 2.45) is 4.99 Å². The van der Waals surface area contributed by atoms with Crippen LogP contribution >= 0.6 is 35.3 Å². The van der Waals surface area contributed by atoms with Crippen LogP contribution in [-0.2, 0) is 24.4 Å². The van der Waals surface area contributed by atoms with Gasteiger partial charge in [0, 0.05) is 32.6 Å². The van der Waals surface area contributed by atoms with Crippen LogP contribution in [0, 0.1) is 0 Å². The highest BCUT2D eigenvalue weighted by atomic mass is 127. The fourth-order valence-corrected chi connectivity index (χ4v) is 3.67. The number of thiophene rings is 1. The molecule has 27 heavy (non-hydrogen) atoms. The highest BCUT2D eigenvalue weighted by Crippen LogP contribution is 2.22. The number of fused-ring (bicyclic) bond motifs is 1. The average Bonchev–Trinajstić information content (AvgIpc) is 3.32. The number of carbonyl (C=O) groups excluding carboxylic acids is 1. The van der Waals surface area contributed by atoms with Gasteiger partial charge in [-0.05, 0) is 46.9 Å². The Morgan fingerprint density at radius 1 is 1.19 bits per heavy atom. The van der Waals surface area contributed by atoms with E-state index in [-0.39, 0.29) is 29.9 Å². The van der Waals surface area contributed by atoms with Crippen molar-refractivity contribution in [3.63, 3.8) is 0 Å². The molecule has 0 bridgehead atoms. The molecule has 0 unspecified atom stereocenters. The maximum absolute atomic E-state index is 12.4. The second-order valence-electron chi connectivity index (χ2n) is 6.38. The van der Waals surface area contributed by atoms with Gasteiger partial charge in [0.1, 0.15) is 0 Å². The van der Waals surface area contributed by atoms with E-state index in [1.54, 1.807) is 11.3 Å². The Morgan fingerprint density at radius 2 is 1.93 bits per heavy atom. The van der Waals surface area contributed by atoms with Crippen LogP contribution in [0.5, 0.6) is 0 Å². The third-order valence-electron chi connectivity index (χ3n) is 4.40. The number of halogens is 1. The summed E-state index contributed by atoms with van der Waals surface area (Å²) in [5.74, 6) is 1.03. The molecule has 2 aromatic rings. The molecule has 1 aliphatic heterocycles. The second kappa shape index (κ2) is 11.3. The number of hydrogen-bond donors (Lipinski definition) is 2. The zero-order chi connectivity index (χ0) is 18.2. The Labute approximate surface area is 182 Å². The lowest BCUT2D eigenvalue weighted by atomic mass is 10.1. The van der Waals surface area contributed by atoms with Crippen molar-refractivity contribution in [3.8, 4) is 0 Å². The lowest BCUT2D eigenvalue weighted by molar-refractivity contribution is -0.131. The van der Waals surface area contributed by atoms with Gasteiger partial charge in [0.05, 0.1) is 6.54 Å². The molecule has 2 N–H and O–H groups in total. The fraction of sp³-hybridized carbons (Fsp3) is 0.400. The zero-order valence-corrected chi connectivity index (χ0v) is 18.8. The first-order valence-corrected chi connectivity index (χ1v) is 10.1. The van der Waals surface area contributed by atoms with E-state index in [0.29, 0.717) is 13.0 Å². The minimum absolute atomic E-state index is 0.